The second-order valence-electron chi connectivity index (χ2n) is 7.44. The minimum atomic E-state index is -3.35. The maximum atomic E-state index is 13.0. The summed E-state index contributed by atoms with van der Waals surface area (Å²) in [6.45, 7) is 2.86. The van der Waals surface area contributed by atoms with E-state index >= 15 is 0 Å². The molecule has 3 aromatic rings. The molecule has 0 atom stereocenters. The Labute approximate surface area is 181 Å². The van der Waals surface area contributed by atoms with E-state index in [2.05, 4.69) is 4.90 Å². The lowest BCUT2D eigenvalue weighted by atomic mass is 9.94. The first-order chi connectivity index (χ1) is 13.8. The van der Waals surface area contributed by atoms with E-state index in [0.29, 0.717) is 28.0 Å². The molecule has 0 bridgehead atoms. The van der Waals surface area contributed by atoms with Crippen LogP contribution in [0.2, 0.25) is 10.0 Å². The Hall–Kier alpha value is -1.85. The third-order valence-corrected chi connectivity index (χ3v) is 7.96. The van der Waals surface area contributed by atoms with Gasteiger partial charge in [-0.15, -0.1) is 0 Å². The van der Waals surface area contributed by atoms with E-state index in [0.717, 1.165) is 16.7 Å². The van der Waals surface area contributed by atoms with Gasteiger partial charge < -0.3 is 0 Å². The molecular formula is C23H21Cl2NO2S. The molecule has 0 aliphatic carbocycles. The van der Waals surface area contributed by atoms with Gasteiger partial charge in [-0.3, -0.25) is 4.90 Å². The van der Waals surface area contributed by atoms with Gasteiger partial charge in [0.25, 0.3) is 0 Å². The maximum Gasteiger partial charge on any atom is 0.183 e. The fraction of sp³-hybridized carbons (Fsp3) is 0.217. The lowest BCUT2D eigenvalue weighted by Gasteiger charge is -2.44. The molecule has 3 aromatic carbocycles. The molecule has 1 aliphatic heterocycles. The van der Waals surface area contributed by atoms with Crippen molar-refractivity contribution in [3.05, 3.63) is 99.5 Å². The summed E-state index contributed by atoms with van der Waals surface area (Å²) in [5.41, 5.74) is 3.09. The molecule has 1 aliphatic rings. The molecule has 0 radical (unpaired) electrons. The van der Waals surface area contributed by atoms with Crippen LogP contribution in [0.25, 0.3) is 0 Å². The highest BCUT2D eigenvalue weighted by atomic mass is 35.5. The number of hydrogen-bond acceptors (Lipinski definition) is 3. The predicted octanol–water partition coefficient (Wildman–Crippen LogP) is 5.55. The van der Waals surface area contributed by atoms with Gasteiger partial charge in [0.2, 0.25) is 0 Å². The van der Waals surface area contributed by atoms with E-state index < -0.39 is 15.1 Å². The summed E-state index contributed by atoms with van der Waals surface area (Å²) in [5.74, 6) is 0. The van der Waals surface area contributed by atoms with Crippen LogP contribution in [0.15, 0.2) is 77.7 Å². The van der Waals surface area contributed by atoms with Gasteiger partial charge in [-0.05, 0) is 60.0 Å². The molecule has 3 nitrogen and oxygen atoms in total. The number of aryl methyl sites for hydroxylation is 1. The largest absolute Gasteiger partial charge is 0.290 e. The average Bonchev–Trinajstić information content (AvgIpc) is 2.66. The Morgan fingerprint density at radius 1 is 0.862 bits per heavy atom. The molecular weight excluding hydrogens is 425 g/mol. The predicted molar refractivity (Wildman–Crippen MR) is 118 cm³/mol. The van der Waals surface area contributed by atoms with Crippen molar-refractivity contribution in [1.82, 2.24) is 4.90 Å². The van der Waals surface area contributed by atoms with Crippen LogP contribution in [0.4, 0.5) is 0 Å². The van der Waals surface area contributed by atoms with Crippen molar-refractivity contribution in [2.75, 3.05) is 13.1 Å². The lowest BCUT2D eigenvalue weighted by Crippen LogP contribution is -2.55. The molecule has 4 rings (SSSR count). The van der Waals surface area contributed by atoms with E-state index in [-0.39, 0.29) is 6.04 Å². The number of sulfone groups is 1. The van der Waals surface area contributed by atoms with E-state index in [1.54, 1.807) is 18.2 Å². The number of hydrogen-bond donors (Lipinski definition) is 0. The molecule has 0 amide bonds. The zero-order valence-electron chi connectivity index (χ0n) is 15.9. The number of nitrogens with zero attached hydrogens (tertiary/aromatic N) is 1. The minimum absolute atomic E-state index is 0.0477. The zero-order valence-corrected chi connectivity index (χ0v) is 18.3. The van der Waals surface area contributed by atoms with Crippen LogP contribution in [-0.4, -0.2) is 31.7 Å². The van der Waals surface area contributed by atoms with E-state index in [1.807, 2.05) is 61.5 Å². The Morgan fingerprint density at radius 3 is 1.86 bits per heavy atom. The SMILES string of the molecule is Cc1cccc(S(=O)(=O)C2CN(C(c3ccc(Cl)cc3)c3ccc(Cl)cc3)C2)c1. The number of rotatable bonds is 5. The molecule has 0 spiro atoms. The second kappa shape index (κ2) is 8.11. The van der Waals surface area contributed by atoms with Crippen LogP contribution in [0, 0.1) is 6.92 Å². The van der Waals surface area contributed by atoms with E-state index in [9.17, 15) is 8.42 Å². The smallest absolute Gasteiger partial charge is 0.183 e. The Balaban J connectivity index is 1.61. The fourth-order valence-corrected chi connectivity index (χ4v) is 5.80. The van der Waals surface area contributed by atoms with Crippen LogP contribution >= 0.6 is 23.2 Å². The van der Waals surface area contributed by atoms with Crippen molar-refractivity contribution in [3.63, 3.8) is 0 Å². The summed E-state index contributed by atoms with van der Waals surface area (Å²) in [6, 6.07) is 22.5. The third-order valence-electron chi connectivity index (χ3n) is 5.37. The topological polar surface area (TPSA) is 37.4 Å². The highest BCUT2D eigenvalue weighted by Gasteiger charge is 2.42. The Bertz CT molecular complexity index is 1060. The minimum Gasteiger partial charge on any atom is -0.290 e. The standard InChI is InChI=1S/C23H21Cl2NO2S/c1-16-3-2-4-21(13-16)29(27,28)22-14-26(15-22)23(17-5-9-19(24)10-6-17)18-7-11-20(25)12-8-18/h2-13,22-23H,14-15H2,1H3. The molecule has 1 saturated heterocycles. The molecule has 0 aromatic heterocycles. The van der Waals surface area contributed by atoms with Crippen LogP contribution in [0.3, 0.4) is 0 Å². The summed E-state index contributed by atoms with van der Waals surface area (Å²) in [7, 11) is -3.35. The fourth-order valence-electron chi connectivity index (χ4n) is 3.77. The van der Waals surface area contributed by atoms with Crippen LogP contribution in [0.5, 0.6) is 0 Å². The molecule has 150 valence electrons. The normalized spacial score (nSPS) is 15.4. The first-order valence-corrected chi connectivity index (χ1v) is 11.7. The quantitative estimate of drug-likeness (QED) is 0.516. The molecule has 1 fully saturated rings. The molecule has 0 N–H and O–H groups in total. The van der Waals surface area contributed by atoms with Gasteiger partial charge in [0.15, 0.2) is 9.84 Å². The molecule has 0 unspecified atom stereocenters. The summed E-state index contributed by atoms with van der Waals surface area (Å²) < 4.78 is 26.1. The highest BCUT2D eigenvalue weighted by molar-refractivity contribution is 7.92. The summed E-state index contributed by atoms with van der Waals surface area (Å²) in [6.07, 6.45) is 0. The first kappa shape index (κ1) is 20.4. The summed E-state index contributed by atoms with van der Waals surface area (Å²) in [4.78, 5) is 2.58. The maximum absolute atomic E-state index is 13.0. The first-order valence-electron chi connectivity index (χ1n) is 9.40. The van der Waals surface area contributed by atoms with Gasteiger partial charge in [0.05, 0.1) is 16.2 Å². The van der Waals surface area contributed by atoms with Crippen molar-refractivity contribution < 1.29 is 8.42 Å². The van der Waals surface area contributed by atoms with Crippen molar-refractivity contribution in [1.29, 1.82) is 0 Å². The number of likely N-dealkylation sites (tertiary alicyclic amines) is 1. The van der Waals surface area contributed by atoms with E-state index in [4.69, 9.17) is 23.2 Å². The van der Waals surface area contributed by atoms with Gasteiger partial charge in [0, 0.05) is 23.1 Å². The van der Waals surface area contributed by atoms with Crippen molar-refractivity contribution >= 4 is 33.0 Å². The van der Waals surface area contributed by atoms with Gasteiger partial charge in [0.1, 0.15) is 0 Å². The molecule has 0 saturated carbocycles. The highest BCUT2D eigenvalue weighted by Crippen LogP contribution is 2.36. The van der Waals surface area contributed by atoms with E-state index in [1.165, 1.54) is 0 Å². The van der Waals surface area contributed by atoms with Crippen LogP contribution < -0.4 is 0 Å². The second-order valence-corrected chi connectivity index (χ2v) is 10.5. The van der Waals surface area contributed by atoms with Gasteiger partial charge >= 0.3 is 0 Å². The average molecular weight is 446 g/mol. The number of halogens is 2. The third kappa shape index (κ3) is 4.22. The van der Waals surface area contributed by atoms with Crippen LogP contribution in [0.1, 0.15) is 22.7 Å². The Morgan fingerprint density at radius 2 is 1.38 bits per heavy atom. The molecule has 29 heavy (non-hydrogen) atoms. The Kier molecular flexibility index (Phi) is 5.71. The summed E-state index contributed by atoms with van der Waals surface area (Å²) >= 11 is 12.1. The lowest BCUT2D eigenvalue weighted by molar-refractivity contribution is 0.144. The van der Waals surface area contributed by atoms with Gasteiger partial charge in [-0.25, -0.2) is 8.42 Å². The van der Waals surface area contributed by atoms with Crippen molar-refractivity contribution in [2.45, 2.75) is 23.1 Å². The summed E-state index contributed by atoms with van der Waals surface area (Å²) in [5, 5.41) is 0.936. The van der Waals surface area contributed by atoms with Crippen molar-refractivity contribution in [2.24, 2.45) is 0 Å². The molecule has 6 heteroatoms. The molecule has 1 heterocycles. The zero-order chi connectivity index (χ0) is 20.6. The van der Waals surface area contributed by atoms with Gasteiger partial charge in [-0.1, -0.05) is 59.6 Å². The van der Waals surface area contributed by atoms with Gasteiger partial charge in [-0.2, -0.15) is 0 Å². The van der Waals surface area contributed by atoms with Crippen LogP contribution in [-0.2, 0) is 9.84 Å². The monoisotopic (exact) mass is 445 g/mol. The van der Waals surface area contributed by atoms with Crippen molar-refractivity contribution in [3.8, 4) is 0 Å². The number of benzene rings is 3.